The third kappa shape index (κ3) is 3.67. The molecule has 0 unspecified atom stereocenters. The van der Waals surface area contributed by atoms with Gasteiger partial charge in [-0.25, -0.2) is 0 Å². The standard InChI is InChI=1S/C14H16BNO2S/c1-3-4-7-18-14(17)16-13-8-10-5-6-11(15-2)9-12(10)19-13/h5-6,8-9H,2-4,7H2,1H3,(H,16,17). The molecule has 0 radical (unpaired) electrons. The van der Waals surface area contributed by atoms with Crippen LogP contribution in [0.5, 0.6) is 0 Å². The average Bonchev–Trinajstić information content (AvgIpc) is 2.79. The van der Waals surface area contributed by atoms with Gasteiger partial charge in [0.2, 0.25) is 0 Å². The predicted octanol–water partition coefficient (Wildman–Crippen LogP) is 3.01. The van der Waals surface area contributed by atoms with Crippen LogP contribution in [0.2, 0.25) is 0 Å². The molecule has 1 aromatic carbocycles. The van der Waals surface area contributed by atoms with Crippen molar-refractivity contribution in [1.82, 2.24) is 0 Å². The van der Waals surface area contributed by atoms with Gasteiger partial charge in [-0.3, -0.25) is 0 Å². The van der Waals surface area contributed by atoms with Crippen molar-refractivity contribution in [3.63, 3.8) is 0 Å². The molecule has 0 bridgehead atoms. The number of fused-ring (bicyclic) bond motifs is 1. The van der Waals surface area contributed by atoms with E-state index >= 15 is 0 Å². The number of carbonyl (C=O) groups excluding carboxylic acids is 1. The number of anilines is 1. The summed E-state index contributed by atoms with van der Waals surface area (Å²) in [4.78, 5) is 11.5. The first-order chi connectivity index (χ1) is 9.22. The third-order valence-corrected chi connectivity index (χ3v) is 3.75. The Kier molecular flexibility index (Phi) is 4.74. The predicted molar refractivity (Wildman–Crippen MR) is 84.2 cm³/mol. The molecule has 1 N–H and O–H groups in total. The van der Waals surface area contributed by atoms with Crippen LogP contribution in [0.25, 0.3) is 10.1 Å². The molecule has 0 saturated heterocycles. The number of carbonyl (C=O) groups is 1. The number of amides is 1. The summed E-state index contributed by atoms with van der Waals surface area (Å²) in [6.45, 7) is 8.09. The van der Waals surface area contributed by atoms with E-state index in [2.05, 4.69) is 24.8 Å². The van der Waals surface area contributed by atoms with Gasteiger partial charge in [0.15, 0.2) is 0 Å². The van der Waals surface area contributed by atoms with Crippen LogP contribution in [0, 0.1) is 0 Å². The van der Waals surface area contributed by atoms with Gasteiger partial charge >= 0.3 is 117 Å². The second kappa shape index (κ2) is 6.52. The van der Waals surface area contributed by atoms with Crippen LogP contribution in [-0.2, 0) is 4.74 Å². The molecule has 2 aromatic rings. The fourth-order valence-corrected chi connectivity index (χ4v) is 2.68. The van der Waals surface area contributed by atoms with Crippen molar-refractivity contribution in [3.05, 3.63) is 24.3 Å². The van der Waals surface area contributed by atoms with Crippen molar-refractivity contribution in [2.45, 2.75) is 19.8 Å². The van der Waals surface area contributed by atoms with Crippen molar-refractivity contribution in [1.29, 1.82) is 0 Å². The van der Waals surface area contributed by atoms with E-state index < -0.39 is 0 Å². The number of thiophene rings is 1. The summed E-state index contributed by atoms with van der Waals surface area (Å²) in [7, 11) is 0. The molecule has 0 fully saturated rings. The first-order valence-electron chi connectivity index (χ1n) is 6.32. The first kappa shape index (κ1) is 13.8. The van der Waals surface area contributed by atoms with Crippen LogP contribution in [0.4, 0.5) is 9.80 Å². The Morgan fingerprint density at radius 1 is 1.47 bits per heavy atom. The van der Waals surface area contributed by atoms with Crippen molar-refractivity contribution in [2.24, 2.45) is 0 Å². The van der Waals surface area contributed by atoms with Crippen LogP contribution < -0.4 is 10.8 Å². The van der Waals surface area contributed by atoms with Gasteiger partial charge in [0.1, 0.15) is 0 Å². The van der Waals surface area contributed by atoms with Gasteiger partial charge in [0.05, 0.1) is 0 Å². The zero-order chi connectivity index (χ0) is 13.7. The van der Waals surface area contributed by atoms with Crippen molar-refractivity contribution in [2.75, 3.05) is 11.9 Å². The van der Waals surface area contributed by atoms with E-state index in [-0.39, 0.29) is 6.09 Å². The maximum absolute atomic E-state index is 11.5. The molecule has 0 saturated carbocycles. The third-order valence-electron chi connectivity index (χ3n) is 2.74. The van der Waals surface area contributed by atoms with Crippen molar-refractivity contribution >= 4 is 51.4 Å². The number of hydrogen-bond acceptors (Lipinski definition) is 3. The summed E-state index contributed by atoms with van der Waals surface area (Å²) in [5.41, 5.74) is 1.08. The minimum absolute atomic E-state index is 0.385. The summed E-state index contributed by atoms with van der Waals surface area (Å²) in [6.07, 6.45) is 1.52. The number of unbranched alkanes of at least 4 members (excludes halogenated alkanes) is 1. The summed E-state index contributed by atoms with van der Waals surface area (Å²) in [6, 6.07) is 8.04. The summed E-state index contributed by atoms with van der Waals surface area (Å²) >= 11 is 1.53. The number of benzene rings is 1. The Balaban J connectivity index is 2.04. The molecule has 1 amide bonds. The maximum atomic E-state index is 11.5. The zero-order valence-electron chi connectivity index (χ0n) is 10.9. The SMILES string of the molecule is C=Bc1ccc2cc(NC(=O)OCCCC)sc2c1. The van der Waals surface area contributed by atoms with Crippen molar-refractivity contribution < 1.29 is 9.53 Å². The molecule has 2 rings (SSSR count). The second-order valence-corrected chi connectivity index (χ2v) is 5.31. The Labute approximate surface area is 117 Å². The quantitative estimate of drug-likeness (QED) is 0.671. The van der Waals surface area contributed by atoms with Crippen LogP contribution in [0.15, 0.2) is 24.3 Å². The molecule has 5 heteroatoms. The van der Waals surface area contributed by atoms with E-state index in [1.54, 1.807) is 0 Å². The molecule has 0 aliphatic rings. The fraction of sp³-hybridized carbons (Fsp3) is 0.286. The molecule has 0 spiro atoms. The van der Waals surface area contributed by atoms with Gasteiger partial charge in [0.25, 0.3) is 0 Å². The Hall–Kier alpha value is -1.62. The molecule has 0 atom stereocenters. The van der Waals surface area contributed by atoms with Gasteiger partial charge < -0.3 is 0 Å². The molecule has 3 nitrogen and oxygen atoms in total. The van der Waals surface area contributed by atoms with E-state index in [1.807, 2.05) is 25.1 Å². The number of hydrogen-bond donors (Lipinski definition) is 1. The number of rotatable bonds is 5. The van der Waals surface area contributed by atoms with Crippen LogP contribution >= 0.6 is 11.3 Å². The Morgan fingerprint density at radius 3 is 3.05 bits per heavy atom. The Bertz CT molecular complexity index is 594. The zero-order valence-corrected chi connectivity index (χ0v) is 11.8. The molecular weight excluding hydrogens is 257 g/mol. The molecule has 1 heterocycles. The van der Waals surface area contributed by atoms with E-state index in [0.717, 1.165) is 33.4 Å². The topological polar surface area (TPSA) is 38.3 Å². The van der Waals surface area contributed by atoms with Crippen LogP contribution in [0.3, 0.4) is 0 Å². The van der Waals surface area contributed by atoms with Crippen LogP contribution in [0.1, 0.15) is 19.8 Å². The van der Waals surface area contributed by atoms with Crippen molar-refractivity contribution in [3.8, 4) is 0 Å². The summed E-state index contributed by atoms with van der Waals surface area (Å²) in [5.74, 6) is 0. The van der Waals surface area contributed by atoms with Gasteiger partial charge in [-0.05, 0) is 0 Å². The normalized spacial score (nSPS) is 10.2. The Morgan fingerprint density at radius 2 is 2.32 bits per heavy atom. The van der Waals surface area contributed by atoms with E-state index in [1.165, 1.54) is 11.3 Å². The molecular formula is C14H16BNO2S. The second-order valence-electron chi connectivity index (χ2n) is 4.23. The summed E-state index contributed by atoms with van der Waals surface area (Å²) in [5, 5.41) is 4.67. The number of nitrogens with one attached hydrogen (secondary N) is 1. The number of ether oxygens (including phenoxy) is 1. The van der Waals surface area contributed by atoms with Crippen LogP contribution in [-0.4, -0.2) is 26.1 Å². The van der Waals surface area contributed by atoms with E-state index in [0.29, 0.717) is 6.61 Å². The summed E-state index contributed by atoms with van der Waals surface area (Å²) < 4.78 is 6.19. The molecule has 1 aromatic heterocycles. The van der Waals surface area contributed by atoms with E-state index in [9.17, 15) is 4.79 Å². The molecule has 0 aliphatic heterocycles. The fourth-order valence-electron chi connectivity index (χ4n) is 1.68. The van der Waals surface area contributed by atoms with Gasteiger partial charge in [-0.1, -0.05) is 0 Å². The monoisotopic (exact) mass is 273 g/mol. The average molecular weight is 273 g/mol. The van der Waals surface area contributed by atoms with Gasteiger partial charge in [0, 0.05) is 0 Å². The minimum atomic E-state index is -0.385. The molecule has 19 heavy (non-hydrogen) atoms. The van der Waals surface area contributed by atoms with Gasteiger partial charge in [-0.2, -0.15) is 0 Å². The molecule has 98 valence electrons. The first-order valence-corrected chi connectivity index (χ1v) is 7.14. The van der Waals surface area contributed by atoms with E-state index in [4.69, 9.17) is 4.74 Å². The van der Waals surface area contributed by atoms with Gasteiger partial charge in [-0.15, -0.1) is 0 Å². The molecule has 0 aliphatic carbocycles.